The molecule has 0 saturated heterocycles. The van der Waals surface area contributed by atoms with Crippen LogP contribution in [0.1, 0.15) is 31.8 Å². The maximum Gasteiger partial charge on any atom is 0.259 e. The number of amides is 2. The number of hydrogen-bond donors (Lipinski definition) is 1. The van der Waals surface area contributed by atoms with Gasteiger partial charge in [0.05, 0.1) is 38.4 Å². The normalized spacial score (nSPS) is 14.6. The second kappa shape index (κ2) is 10.3. The maximum absolute atomic E-state index is 13.7. The molecule has 1 N–H and O–H groups in total. The lowest BCUT2D eigenvalue weighted by molar-refractivity contribution is 0.0947. The van der Waals surface area contributed by atoms with Crippen LogP contribution >= 0.6 is 23.2 Å². The van der Waals surface area contributed by atoms with Crippen LogP contribution < -0.4 is 10.2 Å². The Balaban J connectivity index is 1.54. The molecule has 1 aliphatic rings. The lowest BCUT2D eigenvalue weighted by atomic mass is 10.1. The van der Waals surface area contributed by atoms with E-state index in [1.54, 1.807) is 65.6 Å². The third-order valence-corrected chi connectivity index (χ3v) is 8.00. The number of nitrogens with zero attached hydrogens (tertiary/aromatic N) is 1. The number of anilines is 1. The summed E-state index contributed by atoms with van der Waals surface area (Å²) in [5.41, 5.74) is 2.71. The Bertz CT molecular complexity index is 1520. The topological polar surface area (TPSA) is 66.5 Å². The third kappa shape index (κ3) is 4.80. The van der Waals surface area contributed by atoms with Gasteiger partial charge in [0, 0.05) is 22.2 Å². The van der Waals surface area contributed by atoms with Crippen molar-refractivity contribution in [1.29, 1.82) is 0 Å². The van der Waals surface area contributed by atoms with Crippen molar-refractivity contribution in [3.05, 3.63) is 123 Å². The molecule has 0 radical (unpaired) electrons. The SMILES string of the molecule is O=C(NCc1ccccc1Cl)c1ccc2c(c1)N(Cc1cccc(Cl)c1)C(=O)c1ccccc1S2=O. The Kier molecular flexibility index (Phi) is 6.92. The summed E-state index contributed by atoms with van der Waals surface area (Å²) in [6, 6.07) is 26.2. The Morgan fingerprint density at radius 2 is 1.64 bits per heavy atom. The van der Waals surface area contributed by atoms with Crippen molar-refractivity contribution >= 4 is 51.5 Å². The summed E-state index contributed by atoms with van der Waals surface area (Å²) in [5.74, 6) is -0.633. The standard InChI is InChI=1S/C28H20Cl2N2O3S/c29-21-8-5-6-18(14-21)17-32-24-15-19(27(33)31-16-20-7-1-3-10-23(20)30)12-13-26(24)36(35)25-11-4-2-9-22(25)28(32)34/h1-15H,16-17H2,(H,31,33). The van der Waals surface area contributed by atoms with Crippen LogP contribution in [0.5, 0.6) is 0 Å². The summed E-state index contributed by atoms with van der Waals surface area (Å²) in [6.45, 7) is 0.445. The Morgan fingerprint density at radius 1 is 0.861 bits per heavy atom. The molecule has 4 aromatic rings. The van der Waals surface area contributed by atoms with Crippen molar-refractivity contribution in [2.75, 3.05) is 4.90 Å². The lowest BCUT2D eigenvalue weighted by Crippen LogP contribution is -2.31. The van der Waals surface area contributed by atoms with Gasteiger partial charge < -0.3 is 10.2 Å². The molecule has 0 fully saturated rings. The van der Waals surface area contributed by atoms with Crippen molar-refractivity contribution in [3.63, 3.8) is 0 Å². The highest BCUT2D eigenvalue weighted by atomic mass is 35.5. The van der Waals surface area contributed by atoms with E-state index in [1.807, 2.05) is 30.3 Å². The van der Waals surface area contributed by atoms with Crippen molar-refractivity contribution in [2.24, 2.45) is 0 Å². The zero-order chi connectivity index (χ0) is 25.2. The van der Waals surface area contributed by atoms with E-state index in [-0.39, 0.29) is 24.9 Å². The third-order valence-electron chi connectivity index (χ3n) is 5.90. The van der Waals surface area contributed by atoms with Crippen LogP contribution in [-0.2, 0) is 23.9 Å². The summed E-state index contributed by atoms with van der Waals surface area (Å²) in [7, 11) is -1.61. The number of carbonyl (C=O) groups is 2. The van der Waals surface area contributed by atoms with Gasteiger partial charge in [-0.1, -0.05) is 65.7 Å². The van der Waals surface area contributed by atoms with E-state index in [1.165, 1.54) is 0 Å². The molecule has 1 unspecified atom stereocenters. The summed E-state index contributed by atoms with van der Waals surface area (Å²) in [4.78, 5) is 29.2. The molecule has 0 aromatic heterocycles. The molecule has 36 heavy (non-hydrogen) atoms. The molecular formula is C28H20Cl2N2O3S. The second-order valence-corrected chi connectivity index (χ2v) is 10.5. The molecular weight excluding hydrogens is 515 g/mol. The van der Waals surface area contributed by atoms with Crippen LogP contribution in [-0.4, -0.2) is 16.0 Å². The minimum atomic E-state index is -1.61. The quantitative estimate of drug-likeness (QED) is 0.329. The zero-order valence-electron chi connectivity index (χ0n) is 18.9. The minimum absolute atomic E-state index is 0.197. The van der Waals surface area contributed by atoms with Gasteiger partial charge in [-0.3, -0.25) is 9.59 Å². The number of fused-ring (bicyclic) bond motifs is 2. The van der Waals surface area contributed by atoms with Gasteiger partial charge in [0.25, 0.3) is 11.8 Å². The van der Waals surface area contributed by atoms with Crippen molar-refractivity contribution < 1.29 is 13.8 Å². The van der Waals surface area contributed by atoms with Crippen molar-refractivity contribution in [3.8, 4) is 0 Å². The monoisotopic (exact) mass is 534 g/mol. The molecule has 2 amide bonds. The fourth-order valence-corrected chi connectivity index (χ4v) is 5.86. The smallest absolute Gasteiger partial charge is 0.259 e. The fourth-order valence-electron chi connectivity index (χ4n) is 4.10. The first-order chi connectivity index (χ1) is 17.4. The molecule has 1 atom stereocenters. The molecule has 180 valence electrons. The van der Waals surface area contributed by atoms with Crippen LogP contribution in [0, 0.1) is 0 Å². The van der Waals surface area contributed by atoms with Crippen molar-refractivity contribution in [2.45, 2.75) is 22.9 Å². The molecule has 8 heteroatoms. The molecule has 5 nitrogen and oxygen atoms in total. The van der Waals surface area contributed by atoms with E-state index < -0.39 is 10.8 Å². The van der Waals surface area contributed by atoms with E-state index in [2.05, 4.69) is 5.32 Å². The number of nitrogens with one attached hydrogen (secondary N) is 1. The van der Waals surface area contributed by atoms with Gasteiger partial charge in [-0.15, -0.1) is 0 Å². The molecule has 5 rings (SSSR count). The van der Waals surface area contributed by atoms with Crippen LogP contribution in [0.3, 0.4) is 0 Å². The molecule has 0 saturated carbocycles. The summed E-state index contributed by atoms with van der Waals surface area (Å²) in [5, 5.41) is 3.98. The fraction of sp³-hybridized carbons (Fsp3) is 0.0714. The number of halogens is 2. The molecule has 0 bridgehead atoms. The Morgan fingerprint density at radius 3 is 2.44 bits per heavy atom. The van der Waals surface area contributed by atoms with Gasteiger partial charge in [0.15, 0.2) is 0 Å². The highest BCUT2D eigenvalue weighted by molar-refractivity contribution is 7.85. The molecule has 1 heterocycles. The summed E-state index contributed by atoms with van der Waals surface area (Å²) < 4.78 is 13.6. The number of carbonyl (C=O) groups excluding carboxylic acids is 2. The number of rotatable bonds is 5. The predicted molar refractivity (Wildman–Crippen MR) is 142 cm³/mol. The highest BCUT2D eigenvalue weighted by Gasteiger charge is 2.31. The average molecular weight is 535 g/mol. The zero-order valence-corrected chi connectivity index (χ0v) is 21.2. The maximum atomic E-state index is 13.7. The van der Waals surface area contributed by atoms with Gasteiger partial charge in [-0.05, 0) is 59.7 Å². The van der Waals surface area contributed by atoms with E-state index in [0.29, 0.717) is 36.7 Å². The Hall–Kier alpha value is -3.45. The van der Waals surface area contributed by atoms with Gasteiger partial charge in [0.1, 0.15) is 0 Å². The van der Waals surface area contributed by atoms with Gasteiger partial charge in [0.2, 0.25) is 0 Å². The highest BCUT2D eigenvalue weighted by Crippen LogP contribution is 2.36. The number of hydrogen-bond acceptors (Lipinski definition) is 3. The first-order valence-corrected chi connectivity index (χ1v) is 13.1. The summed E-state index contributed by atoms with van der Waals surface area (Å²) in [6.07, 6.45) is 0. The molecule has 4 aromatic carbocycles. The van der Waals surface area contributed by atoms with E-state index in [0.717, 1.165) is 11.1 Å². The van der Waals surface area contributed by atoms with Crippen LogP contribution in [0.25, 0.3) is 0 Å². The average Bonchev–Trinajstić information content (AvgIpc) is 2.97. The number of benzene rings is 4. The summed E-state index contributed by atoms with van der Waals surface area (Å²) >= 11 is 12.4. The van der Waals surface area contributed by atoms with E-state index >= 15 is 0 Å². The van der Waals surface area contributed by atoms with Gasteiger partial charge in [-0.25, -0.2) is 4.21 Å². The Labute approximate surface area is 221 Å². The molecule has 0 aliphatic carbocycles. The van der Waals surface area contributed by atoms with E-state index in [9.17, 15) is 13.8 Å². The van der Waals surface area contributed by atoms with Gasteiger partial charge >= 0.3 is 0 Å². The molecule has 0 spiro atoms. The van der Waals surface area contributed by atoms with Crippen molar-refractivity contribution in [1.82, 2.24) is 5.32 Å². The van der Waals surface area contributed by atoms with Crippen LogP contribution in [0.2, 0.25) is 10.0 Å². The minimum Gasteiger partial charge on any atom is -0.348 e. The van der Waals surface area contributed by atoms with Gasteiger partial charge in [-0.2, -0.15) is 0 Å². The first-order valence-electron chi connectivity index (χ1n) is 11.1. The largest absolute Gasteiger partial charge is 0.348 e. The van der Waals surface area contributed by atoms with Crippen LogP contribution in [0.15, 0.2) is 101 Å². The van der Waals surface area contributed by atoms with Crippen LogP contribution in [0.4, 0.5) is 5.69 Å². The first kappa shape index (κ1) is 24.3. The van der Waals surface area contributed by atoms with E-state index in [4.69, 9.17) is 23.2 Å². The molecule has 1 aliphatic heterocycles. The predicted octanol–water partition coefficient (Wildman–Crippen LogP) is 6.25. The lowest BCUT2D eigenvalue weighted by Gasteiger charge is -2.24. The second-order valence-electron chi connectivity index (χ2n) is 8.24.